The lowest BCUT2D eigenvalue weighted by Gasteiger charge is -2.29. The minimum atomic E-state index is 1.08. The Hall–Kier alpha value is -7.42. The Morgan fingerprint density at radius 3 is 1.48 bits per heavy atom. The minimum absolute atomic E-state index is 1.08. The van der Waals surface area contributed by atoms with Gasteiger partial charge in [0.15, 0.2) is 0 Å². The van der Waals surface area contributed by atoms with Gasteiger partial charge in [-0.15, -0.1) is 0 Å². The van der Waals surface area contributed by atoms with Crippen molar-refractivity contribution in [1.82, 2.24) is 4.57 Å². The molecule has 0 saturated heterocycles. The van der Waals surface area contributed by atoms with Crippen molar-refractivity contribution in [3.05, 3.63) is 231 Å². The molecule has 0 N–H and O–H groups in total. The summed E-state index contributed by atoms with van der Waals surface area (Å²) >= 11 is 0. The van der Waals surface area contributed by atoms with Gasteiger partial charge in [0, 0.05) is 33.3 Å². The molecule has 0 spiro atoms. The van der Waals surface area contributed by atoms with Gasteiger partial charge in [-0.1, -0.05) is 188 Å². The SMILES string of the molecule is c1ccc(-c2ccccc2-c2cccc(N(c3ccc4c5ccccc5n(-c5ccccc5-c5ccccc5)c4c3)c3ccccc3-c3ccccc3)c2)cc1. The maximum atomic E-state index is 2.45. The Labute approximate surface area is 327 Å². The Balaban J connectivity index is 1.23. The largest absolute Gasteiger partial charge is 0.310 e. The van der Waals surface area contributed by atoms with Gasteiger partial charge < -0.3 is 9.47 Å². The number of para-hydroxylation sites is 3. The first-order valence-electron chi connectivity index (χ1n) is 19.2. The summed E-state index contributed by atoms with van der Waals surface area (Å²) in [6.07, 6.45) is 0. The van der Waals surface area contributed by atoms with Crippen LogP contribution >= 0.6 is 0 Å². The number of benzene rings is 9. The Morgan fingerprint density at radius 1 is 0.286 bits per heavy atom. The van der Waals surface area contributed by atoms with Crippen molar-refractivity contribution < 1.29 is 0 Å². The average Bonchev–Trinajstić information content (AvgIpc) is 3.61. The molecule has 264 valence electrons. The average molecular weight is 715 g/mol. The molecular weight excluding hydrogens is 677 g/mol. The Morgan fingerprint density at radius 2 is 0.768 bits per heavy atom. The van der Waals surface area contributed by atoms with Gasteiger partial charge in [0.25, 0.3) is 0 Å². The molecule has 1 aromatic heterocycles. The lowest BCUT2D eigenvalue weighted by molar-refractivity contribution is 1.18. The molecule has 2 heteroatoms. The molecule has 0 aliphatic carbocycles. The maximum Gasteiger partial charge on any atom is 0.0562 e. The summed E-state index contributed by atoms with van der Waals surface area (Å²) in [6.45, 7) is 0. The third-order valence-electron chi connectivity index (χ3n) is 10.8. The van der Waals surface area contributed by atoms with E-state index in [0.717, 1.165) is 33.8 Å². The number of hydrogen-bond donors (Lipinski definition) is 0. The third kappa shape index (κ3) is 5.95. The molecular formula is C54H38N2. The fourth-order valence-electron chi connectivity index (χ4n) is 8.26. The Kier molecular flexibility index (Phi) is 8.55. The zero-order valence-electron chi connectivity index (χ0n) is 30.8. The third-order valence-corrected chi connectivity index (χ3v) is 10.8. The van der Waals surface area contributed by atoms with Crippen molar-refractivity contribution in [2.75, 3.05) is 4.90 Å². The smallest absolute Gasteiger partial charge is 0.0562 e. The molecule has 0 radical (unpaired) electrons. The first-order valence-corrected chi connectivity index (χ1v) is 19.2. The fourth-order valence-corrected chi connectivity index (χ4v) is 8.26. The topological polar surface area (TPSA) is 8.17 Å². The molecule has 10 aromatic rings. The minimum Gasteiger partial charge on any atom is -0.310 e. The van der Waals surface area contributed by atoms with Gasteiger partial charge in [0.2, 0.25) is 0 Å². The summed E-state index contributed by atoms with van der Waals surface area (Å²) in [5.74, 6) is 0. The van der Waals surface area contributed by atoms with Crippen LogP contribution in [0.2, 0.25) is 0 Å². The summed E-state index contributed by atoms with van der Waals surface area (Å²) in [4.78, 5) is 2.43. The molecule has 9 aromatic carbocycles. The highest BCUT2D eigenvalue weighted by Gasteiger charge is 2.21. The van der Waals surface area contributed by atoms with E-state index in [2.05, 4.69) is 240 Å². The highest BCUT2D eigenvalue weighted by Crippen LogP contribution is 2.45. The molecule has 0 fully saturated rings. The van der Waals surface area contributed by atoms with Gasteiger partial charge in [0.1, 0.15) is 0 Å². The molecule has 0 unspecified atom stereocenters. The van der Waals surface area contributed by atoms with Crippen molar-refractivity contribution in [3.63, 3.8) is 0 Å². The zero-order valence-corrected chi connectivity index (χ0v) is 30.8. The van der Waals surface area contributed by atoms with Crippen molar-refractivity contribution in [2.45, 2.75) is 0 Å². The first kappa shape index (κ1) is 33.2. The van der Waals surface area contributed by atoms with E-state index in [1.807, 2.05) is 0 Å². The van der Waals surface area contributed by atoms with Crippen molar-refractivity contribution in [2.24, 2.45) is 0 Å². The van der Waals surface area contributed by atoms with Gasteiger partial charge >= 0.3 is 0 Å². The van der Waals surface area contributed by atoms with E-state index in [4.69, 9.17) is 0 Å². The van der Waals surface area contributed by atoms with Gasteiger partial charge in [0.05, 0.1) is 22.4 Å². The summed E-state index contributed by atoms with van der Waals surface area (Å²) in [6, 6.07) is 83.1. The van der Waals surface area contributed by atoms with E-state index in [9.17, 15) is 0 Å². The van der Waals surface area contributed by atoms with Crippen LogP contribution in [0.5, 0.6) is 0 Å². The lowest BCUT2D eigenvalue weighted by Crippen LogP contribution is -2.11. The second-order valence-electron chi connectivity index (χ2n) is 14.1. The molecule has 0 saturated carbocycles. The van der Waals surface area contributed by atoms with Gasteiger partial charge in [-0.3, -0.25) is 0 Å². The van der Waals surface area contributed by atoms with E-state index in [-0.39, 0.29) is 0 Å². The van der Waals surface area contributed by atoms with Crippen molar-refractivity contribution >= 4 is 38.9 Å². The van der Waals surface area contributed by atoms with Crippen LogP contribution in [0.15, 0.2) is 231 Å². The van der Waals surface area contributed by atoms with Crippen LogP contribution in [0, 0.1) is 0 Å². The number of nitrogens with zero attached hydrogens (tertiary/aromatic N) is 2. The van der Waals surface area contributed by atoms with Crippen molar-refractivity contribution in [3.8, 4) is 50.2 Å². The molecule has 2 nitrogen and oxygen atoms in total. The standard InChI is InChI=1S/C54H38N2/c1-4-19-39(20-5-1)45-27-10-11-28-46(45)42-25-18-26-43(37-42)55(51-32-15-12-29-47(51)40-21-6-2-7-22-40)44-35-36-50-49-31-14-17-34-53(49)56(54(50)38-44)52-33-16-13-30-48(52)41-23-8-3-9-24-41/h1-38H. The summed E-state index contributed by atoms with van der Waals surface area (Å²) in [5, 5.41) is 2.45. The van der Waals surface area contributed by atoms with Crippen LogP contribution in [0.4, 0.5) is 17.1 Å². The predicted molar refractivity (Wildman–Crippen MR) is 237 cm³/mol. The monoisotopic (exact) mass is 714 g/mol. The predicted octanol–water partition coefficient (Wildman–Crippen LogP) is 14.9. The molecule has 56 heavy (non-hydrogen) atoms. The van der Waals surface area contributed by atoms with E-state index in [0.29, 0.717) is 0 Å². The molecule has 1 heterocycles. The van der Waals surface area contributed by atoms with Crippen LogP contribution in [0.25, 0.3) is 72.0 Å². The number of anilines is 3. The van der Waals surface area contributed by atoms with Crippen LogP contribution < -0.4 is 4.90 Å². The second kappa shape index (κ2) is 14.4. The number of hydrogen-bond acceptors (Lipinski definition) is 1. The zero-order chi connectivity index (χ0) is 37.3. The molecule has 0 atom stereocenters. The van der Waals surface area contributed by atoms with Crippen LogP contribution in [-0.4, -0.2) is 4.57 Å². The van der Waals surface area contributed by atoms with Crippen molar-refractivity contribution in [1.29, 1.82) is 0 Å². The summed E-state index contributed by atoms with van der Waals surface area (Å²) < 4.78 is 2.45. The maximum absolute atomic E-state index is 2.45. The van der Waals surface area contributed by atoms with E-state index in [1.165, 1.54) is 55.2 Å². The normalized spacial score (nSPS) is 11.2. The number of fused-ring (bicyclic) bond motifs is 3. The van der Waals surface area contributed by atoms with Gasteiger partial charge in [-0.25, -0.2) is 0 Å². The van der Waals surface area contributed by atoms with Crippen LogP contribution in [0.1, 0.15) is 0 Å². The summed E-state index contributed by atoms with van der Waals surface area (Å²) in [5.41, 5.74) is 16.3. The highest BCUT2D eigenvalue weighted by molar-refractivity contribution is 6.11. The van der Waals surface area contributed by atoms with E-state index >= 15 is 0 Å². The van der Waals surface area contributed by atoms with E-state index in [1.54, 1.807) is 0 Å². The van der Waals surface area contributed by atoms with Gasteiger partial charge in [-0.05, 0) is 75.8 Å². The highest BCUT2D eigenvalue weighted by atomic mass is 15.1. The van der Waals surface area contributed by atoms with Crippen LogP contribution in [0.3, 0.4) is 0 Å². The quantitative estimate of drug-likeness (QED) is 0.152. The first-order chi connectivity index (χ1) is 27.8. The summed E-state index contributed by atoms with van der Waals surface area (Å²) in [7, 11) is 0. The molecule has 10 rings (SSSR count). The fraction of sp³-hybridized carbons (Fsp3) is 0. The van der Waals surface area contributed by atoms with Gasteiger partial charge in [-0.2, -0.15) is 0 Å². The molecule has 0 aliphatic heterocycles. The Bertz CT molecular complexity index is 2960. The molecule has 0 amide bonds. The molecule has 0 bridgehead atoms. The number of rotatable bonds is 8. The van der Waals surface area contributed by atoms with E-state index < -0.39 is 0 Å². The number of aromatic nitrogens is 1. The molecule has 0 aliphatic rings. The second-order valence-corrected chi connectivity index (χ2v) is 14.1. The lowest BCUT2D eigenvalue weighted by atomic mass is 9.94. The van der Waals surface area contributed by atoms with Crippen LogP contribution in [-0.2, 0) is 0 Å².